The number of rotatable bonds is 4. The summed E-state index contributed by atoms with van der Waals surface area (Å²) in [5.41, 5.74) is 0. The summed E-state index contributed by atoms with van der Waals surface area (Å²) in [5, 5.41) is 2.78. The van der Waals surface area contributed by atoms with Gasteiger partial charge in [0.15, 0.2) is 10.4 Å². The second-order valence-corrected chi connectivity index (χ2v) is 8.78. The second kappa shape index (κ2) is 6.71. The van der Waals surface area contributed by atoms with Crippen molar-refractivity contribution in [1.29, 1.82) is 0 Å². The van der Waals surface area contributed by atoms with Gasteiger partial charge in [-0.15, -0.1) is 0 Å². The molecule has 5 nitrogen and oxygen atoms in total. The number of amides is 1. The summed E-state index contributed by atoms with van der Waals surface area (Å²) < 4.78 is 27.6. The van der Waals surface area contributed by atoms with Crippen LogP contribution in [0.25, 0.3) is 0 Å². The number of carbonyl (C=O) groups is 1. The molecule has 0 saturated heterocycles. The zero-order valence-electron chi connectivity index (χ0n) is 11.6. The summed E-state index contributed by atoms with van der Waals surface area (Å²) >= 11 is 2.95. The van der Waals surface area contributed by atoms with E-state index in [0.29, 0.717) is 12.5 Å². The van der Waals surface area contributed by atoms with Crippen molar-refractivity contribution < 1.29 is 17.6 Å². The van der Waals surface area contributed by atoms with Crippen LogP contribution in [0.2, 0.25) is 0 Å². The molecule has 0 spiro atoms. The highest BCUT2D eigenvalue weighted by atomic mass is 79.9. The Morgan fingerprint density at radius 1 is 1.43 bits per heavy atom. The number of hydrogen-bond acceptors (Lipinski definition) is 4. The van der Waals surface area contributed by atoms with Crippen LogP contribution in [0, 0.1) is 11.8 Å². The van der Waals surface area contributed by atoms with Gasteiger partial charge in [0, 0.05) is 23.3 Å². The minimum atomic E-state index is -3.94. The number of nitrogens with one attached hydrogen (secondary N) is 1. The molecule has 1 amide bonds. The van der Waals surface area contributed by atoms with Gasteiger partial charge >= 0.3 is 0 Å². The Morgan fingerprint density at radius 3 is 2.57 bits per heavy atom. The van der Waals surface area contributed by atoms with Crippen LogP contribution in [0.1, 0.15) is 43.2 Å². The van der Waals surface area contributed by atoms with Gasteiger partial charge in [0.1, 0.15) is 4.90 Å². The van der Waals surface area contributed by atoms with E-state index < -0.39 is 15.0 Å². The summed E-state index contributed by atoms with van der Waals surface area (Å²) in [5.74, 6) is 0.736. The normalized spacial score (nSPS) is 23.0. The molecular weight excluding hydrogens is 382 g/mol. The zero-order valence-corrected chi connectivity index (χ0v) is 14.7. The molecule has 118 valence electrons. The molecular formula is C13H17BrClNO4S. The maximum atomic E-state index is 12.0. The monoisotopic (exact) mass is 397 g/mol. The third kappa shape index (κ3) is 4.47. The molecule has 1 N–H and O–H groups in total. The molecule has 0 aliphatic heterocycles. The van der Waals surface area contributed by atoms with E-state index in [0.717, 1.165) is 24.8 Å². The number of furan rings is 1. The van der Waals surface area contributed by atoms with E-state index in [-0.39, 0.29) is 15.3 Å². The molecule has 0 unspecified atom stereocenters. The van der Waals surface area contributed by atoms with Crippen molar-refractivity contribution in [2.24, 2.45) is 11.8 Å². The highest BCUT2D eigenvalue weighted by Crippen LogP contribution is 2.29. The molecule has 0 radical (unpaired) electrons. The van der Waals surface area contributed by atoms with Gasteiger partial charge in [0.2, 0.25) is 0 Å². The number of halogens is 2. The van der Waals surface area contributed by atoms with E-state index in [1.54, 1.807) is 0 Å². The molecule has 8 heteroatoms. The predicted octanol–water partition coefficient (Wildman–Crippen LogP) is 3.53. The molecule has 1 heterocycles. The van der Waals surface area contributed by atoms with E-state index >= 15 is 0 Å². The lowest BCUT2D eigenvalue weighted by Crippen LogP contribution is -2.30. The van der Waals surface area contributed by atoms with Crippen LogP contribution in [0.15, 0.2) is 20.0 Å². The minimum Gasteiger partial charge on any atom is -0.443 e. The Labute approximate surface area is 137 Å². The molecule has 0 atom stereocenters. The lowest BCUT2D eigenvalue weighted by atomic mass is 9.83. The summed E-state index contributed by atoms with van der Waals surface area (Å²) in [4.78, 5) is 11.7. The molecule has 2 rings (SSSR count). The topological polar surface area (TPSA) is 76.4 Å². The highest BCUT2D eigenvalue weighted by molar-refractivity contribution is 9.10. The third-order valence-corrected chi connectivity index (χ3v) is 6.01. The van der Waals surface area contributed by atoms with Crippen LogP contribution >= 0.6 is 26.6 Å². The van der Waals surface area contributed by atoms with Gasteiger partial charge in [-0.25, -0.2) is 8.42 Å². The average molecular weight is 399 g/mol. The first kappa shape index (κ1) is 16.8. The van der Waals surface area contributed by atoms with Crippen molar-refractivity contribution in [3.63, 3.8) is 0 Å². The largest absolute Gasteiger partial charge is 0.443 e. The summed E-state index contributed by atoms with van der Waals surface area (Å²) in [6.07, 6.45) is 4.57. The van der Waals surface area contributed by atoms with Gasteiger partial charge in [-0.2, -0.15) is 0 Å². The van der Waals surface area contributed by atoms with Gasteiger partial charge in [-0.3, -0.25) is 4.79 Å². The summed E-state index contributed by atoms with van der Waals surface area (Å²) in [6, 6.07) is 1.13. The van der Waals surface area contributed by atoms with Crippen LogP contribution in [0.3, 0.4) is 0 Å². The van der Waals surface area contributed by atoms with E-state index in [4.69, 9.17) is 15.1 Å². The fourth-order valence-electron chi connectivity index (χ4n) is 2.49. The van der Waals surface area contributed by atoms with Crippen LogP contribution in [-0.4, -0.2) is 20.9 Å². The van der Waals surface area contributed by atoms with Gasteiger partial charge < -0.3 is 9.73 Å². The van der Waals surface area contributed by atoms with Crippen molar-refractivity contribution in [3.8, 4) is 0 Å². The van der Waals surface area contributed by atoms with Gasteiger partial charge in [-0.05, 0) is 40.6 Å². The summed E-state index contributed by atoms with van der Waals surface area (Å²) in [7, 11) is 1.31. The maximum Gasteiger partial charge on any atom is 0.287 e. The van der Waals surface area contributed by atoms with Gasteiger partial charge in [0.05, 0.1) is 0 Å². The quantitative estimate of drug-likeness (QED) is 0.787. The first-order valence-electron chi connectivity index (χ1n) is 6.79. The Bertz CT molecular complexity index is 620. The van der Waals surface area contributed by atoms with E-state index in [1.807, 2.05) is 0 Å². The van der Waals surface area contributed by atoms with E-state index in [9.17, 15) is 13.2 Å². The van der Waals surface area contributed by atoms with Crippen LogP contribution in [-0.2, 0) is 9.05 Å². The molecule has 0 aromatic carbocycles. The van der Waals surface area contributed by atoms with Crippen molar-refractivity contribution in [1.82, 2.24) is 5.32 Å². The smallest absolute Gasteiger partial charge is 0.287 e. The first-order valence-corrected chi connectivity index (χ1v) is 9.89. The molecule has 21 heavy (non-hydrogen) atoms. The Morgan fingerprint density at radius 2 is 2.05 bits per heavy atom. The molecule has 1 aliphatic carbocycles. The molecule has 1 aromatic rings. The Balaban J connectivity index is 1.95. The van der Waals surface area contributed by atoms with Crippen molar-refractivity contribution in [2.45, 2.75) is 37.5 Å². The molecule has 1 fully saturated rings. The SMILES string of the molecule is CC1CCC(CNC(=O)c2cc(S(=O)(=O)Cl)c(Br)o2)CC1. The van der Waals surface area contributed by atoms with E-state index in [1.165, 1.54) is 12.8 Å². The first-order chi connectivity index (χ1) is 9.77. The molecule has 1 aliphatic rings. The van der Waals surface area contributed by atoms with Crippen LogP contribution in [0.4, 0.5) is 0 Å². The van der Waals surface area contributed by atoms with Crippen LogP contribution in [0.5, 0.6) is 0 Å². The molecule has 1 saturated carbocycles. The summed E-state index contributed by atoms with van der Waals surface area (Å²) in [6.45, 7) is 2.82. The second-order valence-electron chi connectivity index (χ2n) is 5.52. The number of hydrogen-bond donors (Lipinski definition) is 1. The fourth-order valence-corrected chi connectivity index (χ4v) is 4.52. The molecule has 0 bridgehead atoms. The fraction of sp³-hybridized carbons (Fsp3) is 0.615. The van der Waals surface area contributed by atoms with Gasteiger partial charge in [-0.1, -0.05) is 19.8 Å². The Kier molecular flexibility index (Phi) is 5.38. The predicted molar refractivity (Wildman–Crippen MR) is 82.9 cm³/mol. The highest BCUT2D eigenvalue weighted by Gasteiger charge is 2.24. The van der Waals surface area contributed by atoms with Crippen molar-refractivity contribution >= 4 is 41.6 Å². The average Bonchev–Trinajstić information content (AvgIpc) is 2.80. The standard InChI is InChI=1S/C13H17BrClNO4S/c1-8-2-4-9(5-3-8)7-16-13(17)10-6-11(12(14)20-10)21(15,18)19/h6,8-9H,2-5,7H2,1H3,(H,16,17). The Hall–Kier alpha value is -0.530. The lowest BCUT2D eigenvalue weighted by Gasteiger charge is -2.26. The zero-order chi connectivity index (χ0) is 15.6. The number of carbonyl (C=O) groups excluding carboxylic acids is 1. The lowest BCUT2D eigenvalue weighted by molar-refractivity contribution is 0.0913. The van der Waals surface area contributed by atoms with Crippen molar-refractivity contribution in [3.05, 3.63) is 16.5 Å². The van der Waals surface area contributed by atoms with E-state index in [2.05, 4.69) is 28.2 Å². The van der Waals surface area contributed by atoms with Crippen LogP contribution < -0.4 is 5.32 Å². The maximum absolute atomic E-state index is 12.0. The third-order valence-electron chi connectivity index (χ3n) is 3.83. The van der Waals surface area contributed by atoms with Gasteiger partial charge in [0.25, 0.3) is 15.0 Å². The molecule has 1 aromatic heterocycles. The minimum absolute atomic E-state index is 0.0610. The van der Waals surface area contributed by atoms with Crippen molar-refractivity contribution in [2.75, 3.05) is 6.54 Å².